The lowest BCUT2D eigenvalue weighted by Gasteiger charge is -2.10. The highest BCUT2D eigenvalue weighted by atomic mass is 32.2. The fourth-order valence-corrected chi connectivity index (χ4v) is 4.21. The second-order valence-electron chi connectivity index (χ2n) is 7.16. The number of rotatable bonds is 5. The number of hydrogen-bond donors (Lipinski definition) is 1. The number of thioether (sulfide) groups is 1. The third-order valence-corrected chi connectivity index (χ3v) is 6.13. The van der Waals surface area contributed by atoms with E-state index in [4.69, 9.17) is 5.73 Å². The number of benzene rings is 3. The van der Waals surface area contributed by atoms with Gasteiger partial charge >= 0.3 is 0 Å². The number of aromatic nitrogens is 2. The van der Waals surface area contributed by atoms with Gasteiger partial charge in [0.2, 0.25) is 0 Å². The quantitative estimate of drug-likeness (QED) is 0.227. The summed E-state index contributed by atoms with van der Waals surface area (Å²) in [7, 11) is 1.75. The van der Waals surface area contributed by atoms with Crippen LogP contribution in [0, 0.1) is 6.92 Å². The van der Waals surface area contributed by atoms with Crippen LogP contribution in [0.3, 0.4) is 0 Å². The predicted octanol–water partition coefficient (Wildman–Crippen LogP) is 4.35. The molecule has 0 fully saturated rings. The highest BCUT2D eigenvalue weighted by Crippen LogP contribution is 2.23. The molecule has 0 amide bonds. The summed E-state index contributed by atoms with van der Waals surface area (Å²) in [6.45, 7) is 1.92. The van der Waals surface area contributed by atoms with Crippen LogP contribution in [0.5, 0.6) is 0 Å². The minimum atomic E-state index is -0.0387. The second kappa shape index (κ2) is 8.16. The Labute approximate surface area is 178 Å². The number of carbonyl (C=O) groups excluding carboxylic acids is 1. The van der Waals surface area contributed by atoms with Crippen LogP contribution in [0.15, 0.2) is 76.7 Å². The lowest BCUT2D eigenvalue weighted by Crippen LogP contribution is -2.20. The average molecular weight is 416 g/mol. The Balaban J connectivity index is 1.52. The SMILES string of the molecule is Cc1cccc2nc(SCc3ccc(C(=O)c4ccc(N)cc4)cc3)n(C)c(=O)c12. The van der Waals surface area contributed by atoms with Crippen molar-refractivity contribution in [3.63, 3.8) is 0 Å². The second-order valence-corrected chi connectivity index (χ2v) is 8.11. The Morgan fingerprint density at radius 3 is 2.30 bits per heavy atom. The van der Waals surface area contributed by atoms with Crippen molar-refractivity contribution in [2.24, 2.45) is 7.05 Å². The summed E-state index contributed by atoms with van der Waals surface area (Å²) in [5.41, 5.74) is 10.2. The summed E-state index contributed by atoms with van der Waals surface area (Å²) >= 11 is 1.50. The Morgan fingerprint density at radius 1 is 1.00 bits per heavy atom. The molecule has 0 saturated carbocycles. The lowest BCUT2D eigenvalue weighted by molar-refractivity contribution is 0.103. The van der Waals surface area contributed by atoms with Crippen molar-refractivity contribution in [1.82, 2.24) is 9.55 Å². The van der Waals surface area contributed by atoms with Gasteiger partial charge in [0.05, 0.1) is 10.9 Å². The van der Waals surface area contributed by atoms with Crippen molar-refractivity contribution in [2.75, 3.05) is 5.73 Å². The van der Waals surface area contributed by atoms with Crippen molar-refractivity contribution >= 4 is 34.1 Å². The summed E-state index contributed by atoms with van der Waals surface area (Å²) in [4.78, 5) is 30.0. The molecule has 0 aliphatic heterocycles. The van der Waals surface area contributed by atoms with Gasteiger partial charge in [0.25, 0.3) is 5.56 Å². The molecule has 2 N–H and O–H groups in total. The monoisotopic (exact) mass is 415 g/mol. The number of aryl methyl sites for hydroxylation is 1. The van der Waals surface area contributed by atoms with Crippen LogP contribution in [-0.2, 0) is 12.8 Å². The standard InChI is InChI=1S/C24H21N3O2S/c1-15-4-3-5-20-21(15)23(29)27(2)24(26-20)30-14-16-6-8-17(9-7-16)22(28)18-10-12-19(25)13-11-18/h3-13H,14,25H2,1-2H3. The third-order valence-electron chi connectivity index (χ3n) is 5.03. The van der Waals surface area contributed by atoms with Crippen LogP contribution in [0.25, 0.3) is 10.9 Å². The van der Waals surface area contributed by atoms with E-state index in [1.165, 1.54) is 11.8 Å². The molecule has 0 spiro atoms. The van der Waals surface area contributed by atoms with Gasteiger partial charge in [-0.25, -0.2) is 4.98 Å². The zero-order chi connectivity index (χ0) is 21.3. The van der Waals surface area contributed by atoms with Crippen molar-refractivity contribution in [2.45, 2.75) is 17.8 Å². The van der Waals surface area contributed by atoms with Crippen LogP contribution in [0.2, 0.25) is 0 Å². The Bertz CT molecular complexity index is 1290. The molecule has 0 atom stereocenters. The van der Waals surface area contributed by atoms with Gasteiger partial charge in [-0.05, 0) is 48.4 Å². The minimum absolute atomic E-state index is 0.0370. The van der Waals surface area contributed by atoms with E-state index in [9.17, 15) is 9.59 Å². The molecule has 0 saturated heterocycles. The van der Waals surface area contributed by atoms with Gasteiger partial charge in [-0.2, -0.15) is 0 Å². The van der Waals surface area contributed by atoms with Gasteiger partial charge in [-0.3, -0.25) is 14.2 Å². The zero-order valence-corrected chi connectivity index (χ0v) is 17.6. The Hall–Kier alpha value is -3.38. The van der Waals surface area contributed by atoms with Crippen LogP contribution in [0.4, 0.5) is 5.69 Å². The molecule has 3 aromatic carbocycles. The zero-order valence-electron chi connectivity index (χ0n) is 16.8. The van der Waals surface area contributed by atoms with Gasteiger partial charge in [0, 0.05) is 29.6 Å². The summed E-state index contributed by atoms with van der Waals surface area (Å²) in [6, 6.07) is 20.1. The molecule has 0 aliphatic carbocycles. The van der Waals surface area contributed by atoms with Crippen LogP contribution in [0.1, 0.15) is 27.0 Å². The van der Waals surface area contributed by atoms with Crippen LogP contribution >= 0.6 is 11.8 Å². The largest absolute Gasteiger partial charge is 0.399 e. The first kappa shape index (κ1) is 19.9. The van der Waals surface area contributed by atoms with E-state index >= 15 is 0 Å². The highest BCUT2D eigenvalue weighted by Gasteiger charge is 2.12. The number of hydrogen-bond acceptors (Lipinski definition) is 5. The molecule has 4 aromatic rings. The topological polar surface area (TPSA) is 78.0 Å². The molecule has 0 radical (unpaired) electrons. The summed E-state index contributed by atoms with van der Waals surface area (Å²) in [5, 5.41) is 1.33. The van der Waals surface area contributed by atoms with E-state index in [1.54, 1.807) is 35.9 Å². The van der Waals surface area contributed by atoms with E-state index < -0.39 is 0 Å². The van der Waals surface area contributed by atoms with Gasteiger partial charge in [-0.15, -0.1) is 0 Å². The molecule has 4 rings (SSSR count). The van der Waals surface area contributed by atoms with Crippen molar-refractivity contribution in [3.05, 3.63) is 99.3 Å². The van der Waals surface area contributed by atoms with Crippen LogP contribution in [-0.4, -0.2) is 15.3 Å². The van der Waals surface area contributed by atoms with Gasteiger partial charge in [0.1, 0.15) is 0 Å². The lowest BCUT2D eigenvalue weighted by atomic mass is 10.0. The normalized spacial score (nSPS) is 11.0. The Kier molecular flexibility index (Phi) is 5.42. The van der Waals surface area contributed by atoms with Gasteiger partial charge in [-0.1, -0.05) is 48.2 Å². The van der Waals surface area contributed by atoms with E-state index in [0.29, 0.717) is 38.6 Å². The summed E-state index contributed by atoms with van der Waals surface area (Å²) in [5.74, 6) is 0.608. The molecule has 30 heavy (non-hydrogen) atoms. The van der Waals surface area contributed by atoms with E-state index in [-0.39, 0.29) is 11.3 Å². The number of nitrogens with zero attached hydrogens (tertiary/aromatic N) is 2. The number of carbonyl (C=O) groups is 1. The van der Waals surface area contributed by atoms with Crippen molar-refractivity contribution in [1.29, 1.82) is 0 Å². The van der Waals surface area contributed by atoms with Gasteiger partial charge < -0.3 is 5.73 Å². The molecule has 5 nitrogen and oxygen atoms in total. The average Bonchev–Trinajstić information content (AvgIpc) is 2.75. The third kappa shape index (κ3) is 3.86. The van der Waals surface area contributed by atoms with Gasteiger partial charge in [0.15, 0.2) is 10.9 Å². The first-order valence-electron chi connectivity index (χ1n) is 9.52. The molecule has 0 aliphatic rings. The number of nitrogens with two attached hydrogens (primary N) is 1. The molecule has 1 heterocycles. The number of nitrogen functional groups attached to an aromatic ring is 1. The highest BCUT2D eigenvalue weighted by molar-refractivity contribution is 7.98. The molecule has 150 valence electrons. The molecular formula is C24H21N3O2S. The van der Waals surface area contributed by atoms with Crippen LogP contribution < -0.4 is 11.3 Å². The number of ketones is 1. The minimum Gasteiger partial charge on any atom is -0.399 e. The van der Waals surface area contributed by atoms with Crippen molar-refractivity contribution in [3.8, 4) is 0 Å². The molecule has 1 aromatic heterocycles. The van der Waals surface area contributed by atoms with E-state index in [1.807, 2.05) is 49.4 Å². The first-order chi connectivity index (χ1) is 14.4. The number of fused-ring (bicyclic) bond motifs is 1. The Morgan fingerprint density at radius 2 is 1.63 bits per heavy atom. The molecule has 0 bridgehead atoms. The van der Waals surface area contributed by atoms with Crippen molar-refractivity contribution < 1.29 is 4.79 Å². The fraction of sp³-hybridized carbons (Fsp3) is 0.125. The maximum atomic E-state index is 12.7. The maximum Gasteiger partial charge on any atom is 0.262 e. The first-order valence-corrected chi connectivity index (χ1v) is 10.5. The summed E-state index contributed by atoms with van der Waals surface area (Å²) < 4.78 is 1.60. The fourth-order valence-electron chi connectivity index (χ4n) is 3.29. The maximum absolute atomic E-state index is 12.7. The van der Waals surface area contributed by atoms with E-state index in [0.717, 1.165) is 11.1 Å². The number of anilines is 1. The summed E-state index contributed by atoms with van der Waals surface area (Å²) in [6.07, 6.45) is 0. The molecular weight excluding hydrogens is 394 g/mol. The predicted molar refractivity (Wildman–Crippen MR) is 122 cm³/mol. The van der Waals surface area contributed by atoms with E-state index in [2.05, 4.69) is 4.98 Å². The smallest absolute Gasteiger partial charge is 0.262 e. The molecule has 6 heteroatoms. The molecule has 0 unspecified atom stereocenters.